The van der Waals surface area contributed by atoms with Crippen LogP contribution >= 0.6 is 11.6 Å². The lowest BCUT2D eigenvalue weighted by atomic mass is 9.88. The molecule has 1 aliphatic rings. The number of nitrogens with zero attached hydrogens (tertiary/aromatic N) is 3. The summed E-state index contributed by atoms with van der Waals surface area (Å²) in [5, 5.41) is 15.0. The minimum atomic E-state index is -0.323. The van der Waals surface area contributed by atoms with Gasteiger partial charge in [0.1, 0.15) is 0 Å². The first kappa shape index (κ1) is 18.0. The molecule has 1 saturated heterocycles. The molecule has 1 N–H and O–H groups in total. The smallest absolute Gasteiger partial charge is 0.275 e. The topological polar surface area (TPSA) is 58.4 Å². The Kier molecular flexibility index (Phi) is 5.76. The molecule has 3 rings (SSSR count). The number of aliphatic hydroxyl groups is 1. The van der Waals surface area contributed by atoms with E-state index in [4.69, 9.17) is 11.6 Å². The highest BCUT2D eigenvalue weighted by Crippen LogP contribution is 2.25. The molecule has 0 spiro atoms. The van der Waals surface area contributed by atoms with E-state index >= 15 is 0 Å². The van der Waals surface area contributed by atoms with Crippen LogP contribution in [0.25, 0.3) is 0 Å². The first-order chi connectivity index (χ1) is 12.0. The lowest BCUT2D eigenvalue weighted by Crippen LogP contribution is -2.41. The number of benzene rings is 1. The maximum atomic E-state index is 12.5. The number of hydrogen-bond donors (Lipinski definition) is 1. The molecular weight excluding hydrogens is 338 g/mol. The van der Waals surface area contributed by atoms with Gasteiger partial charge >= 0.3 is 0 Å². The SMILES string of the molecule is Cn1cc(Cl)c(C(=O)N2CCC([C@H](O)CCc3ccccc3)CC2)n1. The average Bonchev–Trinajstić information content (AvgIpc) is 2.98. The third kappa shape index (κ3) is 4.41. The van der Waals surface area contributed by atoms with Gasteiger partial charge < -0.3 is 10.0 Å². The fourth-order valence-electron chi connectivity index (χ4n) is 3.44. The normalized spacial score (nSPS) is 16.8. The van der Waals surface area contributed by atoms with E-state index in [1.165, 1.54) is 5.56 Å². The average molecular weight is 362 g/mol. The molecule has 6 heteroatoms. The van der Waals surface area contributed by atoms with Crippen molar-refractivity contribution < 1.29 is 9.90 Å². The van der Waals surface area contributed by atoms with Crippen LogP contribution in [-0.4, -0.2) is 44.9 Å². The summed E-state index contributed by atoms with van der Waals surface area (Å²) in [5.74, 6) is 0.120. The van der Waals surface area contributed by atoms with E-state index in [0.717, 1.165) is 25.7 Å². The van der Waals surface area contributed by atoms with Gasteiger partial charge in [0.15, 0.2) is 5.69 Å². The van der Waals surface area contributed by atoms with Crippen molar-refractivity contribution in [1.29, 1.82) is 0 Å². The van der Waals surface area contributed by atoms with Crippen LogP contribution in [0.5, 0.6) is 0 Å². The maximum Gasteiger partial charge on any atom is 0.275 e. The van der Waals surface area contributed by atoms with Gasteiger partial charge in [-0.3, -0.25) is 9.48 Å². The Bertz CT molecular complexity index is 709. The second-order valence-electron chi connectivity index (χ2n) is 6.72. The van der Waals surface area contributed by atoms with E-state index in [-0.39, 0.29) is 17.9 Å². The fraction of sp³-hybridized carbons (Fsp3) is 0.474. The molecule has 0 aliphatic carbocycles. The van der Waals surface area contributed by atoms with E-state index in [1.54, 1.807) is 22.8 Å². The van der Waals surface area contributed by atoms with E-state index in [9.17, 15) is 9.90 Å². The highest BCUT2D eigenvalue weighted by Gasteiger charge is 2.29. The molecule has 1 aliphatic heterocycles. The highest BCUT2D eigenvalue weighted by atomic mass is 35.5. The molecule has 1 atom stereocenters. The summed E-state index contributed by atoms with van der Waals surface area (Å²) in [6.45, 7) is 1.28. The van der Waals surface area contributed by atoms with Crippen molar-refractivity contribution in [1.82, 2.24) is 14.7 Å². The van der Waals surface area contributed by atoms with Crippen LogP contribution in [0, 0.1) is 5.92 Å². The van der Waals surface area contributed by atoms with Crippen molar-refractivity contribution in [3.8, 4) is 0 Å². The van der Waals surface area contributed by atoms with E-state index in [2.05, 4.69) is 17.2 Å². The molecule has 0 saturated carbocycles. The van der Waals surface area contributed by atoms with Gasteiger partial charge in [-0.1, -0.05) is 41.9 Å². The first-order valence-corrected chi connectivity index (χ1v) is 9.13. The molecule has 1 aromatic heterocycles. The summed E-state index contributed by atoms with van der Waals surface area (Å²) in [6, 6.07) is 10.2. The molecule has 0 bridgehead atoms. The van der Waals surface area contributed by atoms with Crippen molar-refractivity contribution >= 4 is 17.5 Å². The summed E-state index contributed by atoms with van der Waals surface area (Å²) in [4.78, 5) is 14.3. The van der Waals surface area contributed by atoms with Gasteiger partial charge in [0.2, 0.25) is 0 Å². The number of amides is 1. The van der Waals surface area contributed by atoms with Crippen LogP contribution in [0.3, 0.4) is 0 Å². The summed E-state index contributed by atoms with van der Waals surface area (Å²) >= 11 is 6.07. The molecule has 2 aromatic rings. The van der Waals surface area contributed by atoms with Gasteiger partial charge in [-0.15, -0.1) is 0 Å². The van der Waals surface area contributed by atoms with E-state index < -0.39 is 0 Å². The molecule has 1 amide bonds. The predicted octanol–water partition coefficient (Wildman–Crippen LogP) is 2.92. The first-order valence-electron chi connectivity index (χ1n) is 8.75. The molecule has 0 radical (unpaired) electrons. The number of rotatable bonds is 5. The van der Waals surface area contributed by atoms with Crippen molar-refractivity contribution in [2.24, 2.45) is 13.0 Å². The quantitative estimate of drug-likeness (QED) is 0.890. The Hall–Kier alpha value is -1.85. The maximum absolute atomic E-state index is 12.5. The Morgan fingerprint density at radius 1 is 1.32 bits per heavy atom. The van der Waals surface area contributed by atoms with Crippen LogP contribution in [-0.2, 0) is 13.5 Å². The second kappa shape index (κ2) is 8.02. The van der Waals surface area contributed by atoms with Crippen molar-refractivity contribution in [3.05, 3.63) is 52.8 Å². The minimum absolute atomic E-state index is 0.122. The lowest BCUT2D eigenvalue weighted by molar-refractivity contribution is 0.0433. The standard InChI is InChI=1S/C19H24ClN3O2/c1-22-13-16(20)18(21-22)19(25)23-11-9-15(10-12-23)17(24)8-7-14-5-3-2-4-6-14/h2-6,13,15,17,24H,7-12H2,1H3/t17-/m1/s1. The second-order valence-corrected chi connectivity index (χ2v) is 7.13. The van der Waals surface area contributed by atoms with Crippen molar-refractivity contribution in [2.75, 3.05) is 13.1 Å². The van der Waals surface area contributed by atoms with Crippen LogP contribution in [0.2, 0.25) is 5.02 Å². The number of aryl methyl sites for hydroxylation is 2. The summed E-state index contributed by atoms with van der Waals surface area (Å²) < 4.78 is 1.55. The predicted molar refractivity (Wildman–Crippen MR) is 97.6 cm³/mol. The van der Waals surface area contributed by atoms with Crippen molar-refractivity contribution in [3.63, 3.8) is 0 Å². The number of aliphatic hydroxyl groups excluding tert-OH is 1. The zero-order valence-electron chi connectivity index (χ0n) is 14.4. The highest BCUT2D eigenvalue weighted by molar-refractivity contribution is 6.33. The number of carbonyl (C=O) groups is 1. The number of aromatic nitrogens is 2. The molecule has 0 unspecified atom stereocenters. The van der Waals surface area contributed by atoms with Gasteiger partial charge in [-0.2, -0.15) is 5.10 Å². The Labute approximate surface area is 153 Å². The largest absolute Gasteiger partial charge is 0.393 e. The van der Waals surface area contributed by atoms with Gasteiger partial charge in [0.05, 0.1) is 11.1 Å². The number of piperidine rings is 1. The molecule has 134 valence electrons. The van der Waals surface area contributed by atoms with Crippen LogP contribution < -0.4 is 0 Å². The van der Waals surface area contributed by atoms with Crippen LogP contribution in [0.15, 0.2) is 36.5 Å². The van der Waals surface area contributed by atoms with Crippen LogP contribution in [0.1, 0.15) is 35.3 Å². The molecule has 1 fully saturated rings. The van der Waals surface area contributed by atoms with Gasteiger partial charge in [0, 0.05) is 26.3 Å². The lowest BCUT2D eigenvalue weighted by Gasteiger charge is -2.34. The zero-order valence-corrected chi connectivity index (χ0v) is 15.2. The molecule has 25 heavy (non-hydrogen) atoms. The molecular formula is C19H24ClN3O2. The number of likely N-dealkylation sites (tertiary alicyclic amines) is 1. The zero-order chi connectivity index (χ0) is 17.8. The third-order valence-corrected chi connectivity index (χ3v) is 5.21. The summed E-state index contributed by atoms with van der Waals surface area (Å²) in [7, 11) is 1.75. The third-order valence-electron chi connectivity index (χ3n) is 4.93. The Morgan fingerprint density at radius 2 is 2.00 bits per heavy atom. The summed E-state index contributed by atoms with van der Waals surface area (Å²) in [5.41, 5.74) is 1.56. The van der Waals surface area contributed by atoms with Crippen molar-refractivity contribution in [2.45, 2.75) is 31.8 Å². The number of carbonyl (C=O) groups excluding carboxylic acids is 1. The Morgan fingerprint density at radius 3 is 2.60 bits per heavy atom. The number of halogens is 1. The van der Waals surface area contributed by atoms with E-state index in [0.29, 0.717) is 23.8 Å². The monoisotopic (exact) mass is 361 g/mol. The van der Waals surface area contributed by atoms with Gasteiger partial charge in [-0.25, -0.2) is 0 Å². The minimum Gasteiger partial charge on any atom is -0.393 e. The fourth-order valence-corrected chi connectivity index (χ4v) is 3.70. The summed E-state index contributed by atoms with van der Waals surface area (Å²) in [6.07, 6.45) is 4.57. The molecule has 2 heterocycles. The van der Waals surface area contributed by atoms with Crippen LogP contribution in [0.4, 0.5) is 0 Å². The van der Waals surface area contributed by atoms with Gasteiger partial charge in [0.25, 0.3) is 5.91 Å². The number of hydrogen-bond acceptors (Lipinski definition) is 3. The molecule has 1 aromatic carbocycles. The van der Waals surface area contributed by atoms with Gasteiger partial charge in [-0.05, 0) is 37.2 Å². The molecule has 5 nitrogen and oxygen atoms in total. The van der Waals surface area contributed by atoms with E-state index in [1.807, 2.05) is 18.2 Å². The Balaban J connectivity index is 1.49.